The highest BCUT2D eigenvalue weighted by atomic mass is 19.1. The van der Waals surface area contributed by atoms with Crippen molar-refractivity contribution >= 4 is 5.91 Å². The van der Waals surface area contributed by atoms with E-state index in [1.807, 2.05) is 0 Å². The number of halogens is 1. The average molecular weight is 252 g/mol. The lowest BCUT2D eigenvalue weighted by atomic mass is 10.1. The van der Waals surface area contributed by atoms with Crippen LogP contribution >= 0.6 is 0 Å². The molecule has 1 aromatic rings. The van der Waals surface area contributed by atoms with Gasteiger partial charge in [0.05, 0.1) is 0 Å². The van der Waals surface area contributed by atoms with Crippen molar-refractivity contribution in [2.24, 2.45) is 5.73 Å². The number of benzene rings is 1. The van der Waals surface area contributed by atoms with Crippen molar-refractivity contribution in [3.05, 3.63) is 47.8 Å². The third-order valence-corrected chi connectivity index (χ3v) is 2.36. The Balaban J connectivity index is 2.69. The minimum absolute atomic E-state index is 0.223. The van der Waals surface area contributed by atoms with Gasteiger partial charge in [-0.2, -0.15) is 0 Å². The van der Waals surface area contributed by atoms with Crippen LogP contribution in [0.4, 0.5) is 4.39 Å². The molecule has 18 heavy (non-hydrogen) atoms. The molecule has 0 aliphatic heterocycles. The summed E-state index contributed by atoms with van der Waals surface area (Å²) in [6, 6.07) is 6.04. The van der Waals surface area contributed by atoms with E-state index in [0.717, 1.165) is 0 Å². The van der Waals surface area contributed by atoms with Crippen LogP contribution in [0.3, 0.4) is 0 Å². The molecule has 1 rings (SSSR count). The van der Waals surface area contributed by atoms with Crippen LogP contribution in [0.1, 0.15) is 11.7 Å². The summed E-state index contributed by atoms with van der Waals surface area (Å²) in [5.41, 5.74) is 5.49. The first-order chi connectivity index (χ1) is 8.70. The van der Waals surface area contributed by atoms with Crippen molar-refractivity contribution < 1.29 is 13.9 Å². The van der Waals surface area contributed by atoms with Gasteiger partial charge in [0, 0.05) is 25.8 Å². The van der Waals surface area contributed by atoms with Crippen LogP contribution in [0.15, 0.2) is 36.4 Å². The van der Waals surface area contributed by atoms with Gasteiger partial charge in [-0.15, -0.1) is 0 Å². The SMILES string of the molecule is CO[C@@H](C(=O)NC/C=C/CN)c1ccccc1F. The molecule has 5 heteroatoms. The van der Waals surface area contributed by atoms with Crippen molar-refractivity contribution in [2.75, 3.05) is 20.2 Å². The normalized spacial score (nSPS) is 12.6. The highest BCUT2D eigenvalue weighted by Gasteiger charge is 2.22. The smallest absolute Gasteiger partial charge is 0.254 e. The van der Waals surface area contributed by atoms with Crippen molar-refractivity contribution in [3.8, 4) is 0 Å². The second kappa shape index (κ2) is 7.58. The van der Waals surface area contributed by atoms with Gasteiger partial charge in [-0.05, 0) is 6.07 Å². The third kappa shape index (κ3) is 3.94. The summed E-state index contributed by atoms with van der Waals surface area (Å²) in [7, 11) is 1.37. The molecule has 0 radical (unpaired) electrons. The van der Waals surface area contributed by atoms with Crippen molar-refractivity contribution in [2.45, 2.75) is 6.10 Å². The van der Waals surface area contributed by atoms with Crippen molar-refractivity contribution in [1.29, 1.82) is 0 Å². The molecule has 0 aromatic heterocycles. The maximum atomic E-state index is 13.5. The van der Waals surface area contributed by atoms with Gasteiger partial charge in [-0.3, -0.25) is 4.79 Å². The molecular formula is C13H17FN2O2. The Labute approximate surface area is 106 Å². The topological polar surface area (TPSA) is 64.3 Å². The number of nitrogens with two attached hydrogens (primary N) is 1. The van der Waals surface area contributed by atoms with Gasteiger partial charge in [0.25, 0.3) is 5.91 Å². The number of carbonyl (C=O) groups excluding carboxylic acids is 1. The fraction of sp³-hybridized carbons (Fsp3) is 0.308. The van der Waals surface area contributed by atoms with E-state index in [4.69, 9.17) is 10.5 Å². The molecule has 98 valence electrons. The van der Waals surface area contributed by atoms with Gasteiger partial charge >= 0.3 is 0 Å². The minimum Gasteiger partial charge on any atom is -0.367 e. The summed E-state index contributed by atoms with van der Waals surface area (Å²) in [6.07, 6.45) is 2.51. The van der Waals surface area contributed by atoms with Crippen LogP contribution in [0.25, 0.3) is 0 Å². The molecule has 0 saturated carbocycles. The van der Waals surface area contributed by atoms with E-state index in [-0.39, 0.29) is 11.5 Å². The first-order valence-corrected chi connectivity index (χ1v) is 5.60. The molecule has 0 saturated heterocycles. The Hall–Kier alpha value is -1.72. The lowest BCUT2D eigenvalue weighted by Crippen LogP contribution is -2.31. The van der Waals surface area contributed by atoms with Gasteiger partial charge in [0.15, 0.2) is 6.10 Å². The number of carbonyl (C=O) groups is 1. The van der Waals surface area contributed by atoms with Crippen molar-refractivity contribution in [1.82, 2.24) is 5.32 Å². The fourth-order valence-corrected chi connectivity index (χ4v) is 1.49. The maximum absolute atomic E-state index is 13.5. The molecule has 1 aromatic carbocycles. The Morgan fingerprint density at radius 2 is 2.22 bits per heavy atom. The zero-order valence-electron chi connectivity index (χ0n) is 10.2. The van der Waals surface area contributed by atoms with E-state index in [1.165, 1.54) is 19.2 Å². The van der Waals surface area contributed by atoms with Crippen molar-refractivity contribution in [3.63, 3.8) is 0 Å². The lowest BCUT2D eigenvalue weighted by molar-refractivity contribution is -0.131. The van der Waals surface area contributed by atoms with E-state index in [0.29, 0.717) is 13.1 Å². The van der Waals surface area contributed by atoms with E-state index < -0.39 is 11.9 Å². The Bertz CT molecular complexity index is 421. The number of methoxy groups -OCH3 is 1. The first-order valence-electron chi connectivity index (χ1n) is 5.60. The van der Waals surface area contributed by atoms with E-state index >= 15 is 0 Å². The molecular weight excluding hydrogens is 235 g/mol. The molecule has 1 atom stereocenters. The van der Waals surface area contributed by atoms with Crippen LogP contribution in [0, 0.1) is 5.82 Å². The summed E-state index contributed by atoms with van der Waals surface area (Å²) in [5.74, 6) is -0.846. The van der Waals surface area contributed by atoms with Gasteiger partial charge in [-0.25, -0.2) is 4.39 Å². The molecule has 0 aliphatic rings. The molecule has 0 heterocycles. The molecule has 4 nitrogen and oxygen atoms in total. The summed E-state index contributed by atoms with van der Waals surface area (Å²) in [4.78, 5) is 11.8. The van der Waals surface area contributed by atoms with Crippen LogP contribution in [-0.4, -0.2) is 26.1 Å². The lowest BCUT2D eigenvalue weighted by Gasteiger charge is -2.15. The van der Waals surface area contributed by atoms with Crippen LogP contribution < -0.4 is 11.1 Å². The number of nitrogens with one attached hydrogen (secondary N) is 1. The van der Waals surface area contributed by atoms with Gasteiger partial charge in [0.1, 0.15) is 5.82 Å². The highest BCUT2D eigenvalue weighted by Crippen LogP contribution is 2.19. The van der Waals surface area contributed by atoms with E-state index in [2.05, 4.69) is 5.32 Å². The average Bonchev–Trinajstić information content (AvgIpc) is 2.38. The molecule has 0 spiro atoms. The minimum atomic E-state index is -0.947. The molecule has 1 amide bonds. The predicted molar refractivity (Wildman–Crippen MR) is 67.4 cm³/mol. The van der Waals surface area contributed by atoms with Gasteiger partial charge in [0.2, 0.25) is 0 Å². The first kappa shape index (κ1) is 14.3. The predicted octanol–water partition coefficient (Wildman–Crippen LogP) is 1.14. The van der Waals surface area contributed by atoms with Crippen LogP contribution in [-0.2, 0) is 9.53 Å². The van der Waals surface area contributed by atoms with Gasteiger partial charge < -0.3 is 15.8 Å². The largest absolute Gasteiger partial charge is 0.367 e. The molecule has 0 unspecified atom stereocenters. The molecule has 0 aliphatic carbocycles. The summed E-state index contributed by atoms with van der Waals surface area (Å²) in [5, 5.41) is 2.62. The quantitative estimate of drug-likeness (QED) is 0.746. The Kier molecular flexibility index (Phi) is 6.04. The fourth-order valence-electron chi connectivity index (χ4n) is 1.49. The third-order valence-electron chi connectivity index (χ3n) is 2.36. The van der Waals surface area contributed by atoms with Crippen LogP contribution in [0.5, 0.6) is 0 Å². The number of rotatable bonds is 6. The molecule has 3 N–H and O–H groups in total. The second-order valence-electron chi connectivity index (χ2n) is 3.59. The highest BCUT2D eigenvalue weighted by molar-refractivity contribution is 5.82. The number of amides is 1. The zero-order valence-corrected chi connectivity index (χ0v) is 10.2. The molecule has 0 bridgehead atoms. The number of ether oxygens (including phenoxy) is 1. The van der Waals surface area contributed by atoms with E-state index in [1.54, 1.807) is 24.3 Å². The second-order valence-corrected chi connectivity index (χ2v) is 3.59. The Morgan fingerprint density at radius 3 is 2.83 bits per heavy atom. The zero-order chi connectivity index (χ0) is 13.4. The summed E-state index contributed by atoms with van der Waals surface area (Å²) in [6.45, 7) is 0.751. The summed E-state index contributed by atoms with van der Waals surface area (Å²) < 4.78 is 18.6. The molecule has 0 fully saturated rings. The maximum Gasteiger partial charge on any atom is 0.254 e. The monoisotopic (exact) mass is 252 g/mol. The Morgan fingerprint density at radius 1 is 1.50 bits per heavy atom. The summed E-state index contributed by atoms with van der Waals surface area (Å²) >= 11 is 0. The standard InChI is InChI=1S/C13H17FN2O2/c1-18-12(10-6-2-3-7-11(10)14)13(17)16-9-5-4-8-15/h2-7,12H,8-9,15H2,1H3,(H,16,17)/b5-4+/t12-/m1/s1. The number of hydrogen-bond acceptors (Lipinski definition) is 3. The van der Waals surface area contributed by atoms with Gasteiger partial charge in [-0.1, -0.05) is 30.4 Å². The number of hydrogen-bond donors (Lipinski definition) is 2. The van der Waals surface area contributed by atoms with Crippen LogP contribution in [0.2, 0.25) is 0 Å². The van der Waals surface area contributed by atoms with E-state index in [9.17, 15) is 9.18 Å².